The molecular weight excluding hydrogens is 362 g/mol. The molecule has 5 nitrogen and oxygen atoms in total. The van der Waals surface area contributed by atoms with Crippen molar-refractivity contribution in [3.8, 4) is 22.8 Å². The minimum absolute atomic E-state index is 0.0865. The topological polar surface area (TPSA) is 60.9 Å². The Labute approximate surface area is 160 Å². The first-order valence-corrected chi connectivity index (χ1v) is 8.83. The van der Waals surface area contributed by atoms with E-state index >= 15 is 0 Å². The molecule has 0 aliphatic rings. The highest BCUT2D eigenvalue weighted by molar-refractivity contribution is 6.30. The fraction of sp³-hybridized carbons (Fsp3) is 0.0952. The normalized spacial score (nSPS) is 10.9. The van der Waals surface area contributed by atoms with E-state index in [0.717, 1.165) is 16.7 Å². The summed E-state index contributed by atoms with van der Waals surface area (Å²) in [4.78, 5) is 16.7. The smallest absolute Gasteiger partial charge is 0.259 e. The van der Waals surface area contributed by atoms with Crippen LogP contribution in [0.5, 0.6) is 0 Å². The molecule has 0 spiro atoms. The zero-order valence-electron chi connectivity index (χ0n) is 14.6. The van der Waals surface area contributed by atoms with Crippen LogP contribution in [-0.4, -0.2) is 14.7 Å². The number of pyridine rings is 1. The first-order valence-electron chi connectivity index (χ1n) is 8.45. The van der Waals surface area contributed by atoms with Crippen LogP contribution in [0.2, 0.25) is 5.02 Å². The van der Waals surface area contributed by atoms with Crippen LogP contribution in [0.1, 0.15) is 11.1 Å². The van der Waals surface area contributed by atoms with E-state index in [2.05, 4.69) is 10.1 Å². The van der Waals surface area contributed by atoms with Crippen molar-refractivity contribution in [1.29, 1.82) is 0 Å². The molecule has 4 rings (SSSR count). The minimum Gasteiger partial charge on any atom is -0.334 e. The summed E-state index contributed by atoms with van der Waals surface area (Å²) in [6, 6.07) is 18.4. The van der Waals surface area contributed by atoms with Crippen molar-refractivity contribution in [1.82, 2.24) is 14.7 Å². The number of nitrogens with zero attached hydrogens (tertiary/aromatic N) is 3. The predicted octanol–water partition coefficient (Wildman–Crippen LogP) is 4.58. The van der Waals surface area contributed by atoms with Gasteiger partial charge in [0.1, 0.15) is 0 Å². The molecule has 2 aromatic carbocycles. The zero-order valence-corrected chi connectivity index (χ0v) is 15.3. The van der Waals surface area contributed by atoms with Gasteiger partial charge in [0.25, 0.3) is 11.4 Å². The second kappa shape index (κ2) is 7.21. The van der Waals surface area contributed by atoms with Gasteiger partial charge in [-0.05, 0) is 36.2 Å². The maximum absolute atomic E-state index is 12.3. The van der Waals surface area contributed by atoms with Gasteiger partial charge in [-0.3, -0.25) is 4.79 Å². The third-order valence-corrected chi connectivity index (χ3v) is 4.58. The highest BCUT2D eigenvalue weighted by atomic mass is 35.5. The van der Waals surface area contributed by atoms with Crippen molar-refractivity contribution < 1.29 is 4.52 Å². The van der Waals surface area contributed by atoms with Crippen molar-refractivity contribution in [3.63, 3.8) is 0 Å². The van der Waals surface area contributed by atoms with Crippen LogP contribution < -0.4 is 5.56 Å². The zero-order chi connectivity index (χ0) is 18.8. The molecule has 0 N–H and O–H groups in total. The van der Waals surface area contributed by atoms with Gasteiger partial charge < -0.3 is 9.09 Å². The highest BCUT2D eigenvalue weighted by Gasteiger charge is 2.12. The second-order valence-electron chi connectivity index (χ2n) is 6.24. The molecule has 2 heterocycles. The molecule has 0 fully saturated rings. The van der Waals surface area contributed by atoms with Gasteiger partial charge in [-0.1, -0.05) is 53.2 Å². The maximum atomic E-state index is 12.3. The molecule has 134 valence electrons. The van der Waals surface area contributed by atoms with E-state index in [1.165, 1.54) is 6.07 Å². The number of aryl methyl sites for hydroxylation is 1. The Kier molecular flexibility index (Phi) is 4.60. The number of hydrogen-bond acceptors (Lipinski definition) is 4. The molecule has 0 aliphatic heterocycles. The molecular formula is C21H16ClN3O2. The van der Waals surface area contributed by atoms with Gasteiger partial charge in [0.2, 0.25) is 5.82 Å². The number of aromatic nitrogens is 3. The summed E-state index contributed by atoms with van der Waals surface area (Å²) in [5.74, 6) is 0.799. The van der Waals surface area contributed by atoms with Gasteiger partial charge >= 0.3 is 0 Å². The lowest BCUT2D eigenvalue weighted by Gasteiger charge is -2.09. The van der Waals surface area contributed by atoms with Gasteiger partial charge in [0.05, 0.1) is 12.1 Å². The van der Waals surface area contributed by atoms with E-state index in [9.17, 15) is 4.79 Å². The average Bonchev–Trinajstić information content (AvgIpc) is 3.15. The number of hydrogen-bond donors (Lipinski definition) is 0. The van der Waals surface area contributed by atoms with Crippen molar-refractivity contribution >= 4 is 11.6 Å². The Morgan fingerprint density at radius 1 is 1.04 bits per heavy atom. The van der Waals surface area contributed by atoms with E-state index in [4.69, 9.17) is 16.1 Å². The summed E-state index contributed by atoms with van der Waals surface area (Å²) < 4.78 is 7.03. The summed E-state index contributed by atoms with van der Waals surface area (Å²) in [5.41, 5.74) is 3.59. The Hall–Kier alpha value is -3.18. The van der Waals surface area contributed by atoms with E-state index in [1.54, 1.807) is 29.0 Å². The Balaban J connectivity index is 1.67. The van der Waals surface area contributed by atoms with Gasteiger partial charge in [0, 0.05) is 22.8 Å². The number of benzene rings is 2. The highest BCUT2D eigenvalue weighted by Crippen LogP contribution is 2.23. The molecule has 27 heavy (non-hydrogen) atoms. The Morgan fingerprint density at radius 3 is 2.70 bits per heavy atom. The van der Waals surface area contributed by atoms with Crippen LogP contribution in [0, 0.1) is 6.92 Å². The van der Waals surface area contributed by atoms with Crippen molar-refractivity contribution in [3.05, 3.63) is 93.4 Å². The van der Waals surface area contributed by atoms with E-state index in [0.29, 0.717) is 28.8 Å². The Bertz CT molecular complexity index is 1160. The van der Waals surface area contributed by atoms with Gasteiger partial charge in [0.15, 0.2) is 0 Å². The molecule has 0 unspecified atom stereocenters. The van der Waals surface area contributed by atoms with Crippen molar-refractivity contribution in [2.75, 3.05) is 0 Å². The van der Waals surface area contributed by atoms with E-state index in [1.807, 2.05) is 43.3 Å². The summed E-state index contributed by atoms with van der Waals surface area (Å²) in [7, 11) is 0. The standard InChI is InChI=1S/C21H16ClN3O2/c1-14-5-2-3-6-16(14)12-25-13-17(9-10-19(25)26)21-23-20(24-27-21)15-7-4-8-18(22)11-15/h2-11,13H,12H2,1H3. The van der Waals surface area contributed by atoms with Gasteiger partial charge in [-0.15, -0.1) is 0 Å². The minimum atomic E-state index is -0.0865. The second-order valence-corrected chi connectivity index (χ2v) is 6.68. The van der Waals surface area contributed by atoms with Crippen LogP contribution in [-0.2, 0) is 6.54 Å². The molecule has 0 radical (unpaired) electrons. The molecule has 0 saturated heterocycles. The number of halogens is 1. The summed E-state index contributed by atoms with van der Waals surface area (Å²) >= 11 is 6.02. The van der Waals surface area contributed by atoms with Gasteiger partial charge in [-0.25, -0.2) is 0 Å². The predicted molar refractivity (Wildman–Crippen MR) is 105 cm³/mol. The lowest BCUT2D eigenvalue weighted by atomic mass is 10.1. The van der Waals surface area contributed by atoms with Crippen LogP contribution in [0.15, 0.2) is 76.2 Å². The molecule has 6 heteroatoms. The lowest BCUT2D eigenvalue weighted by molar-refractivity contribution is 0.432. The molecule has 0 saturated carbocycles. The summed E-state index contributed by atoms with van der Waals surface area (Å²) in [6.45, 7) is 2.51. The molecule has 0 aliphatic carbocycles. The third kappa shape index (κ3) is 3.68. The molecule has 0 atom stereocenters. The molecule has 4 aromatic rings. The summed E-state index contributed by atoms with van der Waals surface area (Å²) in [6.07, 6.45) is 1.74. The first-order chi connectivity index (χ1) is 13.1. The van der Waals surface area contributed by atoms with E-state index in [-0.39, 0.29) is 5.56 Å². The largest absolute Gasteiger partial charge is 0.334 e. The first kappa shape index (κ1) is 17.2. The van der Waals surface area contributed by atoms with Crippen LogP contribution >= 0.6 is 11.6 Å². The maximum Gasteiger partial charge on any atom is 0.259 e. The Morgan fingerprint density at radius 2 is 1.89 bits per heavy atom. The molecule has 2 aromatic heterocycles. The average molecular weight is 378 g/mol. The fourth-order valence-electron chi connectivity index (χ4n) is 2.84. The van der Waals surface area contributed by atoms with Crippen molar-refractivity contribution in [2.45, 2.75) is 13.5 Å². The van der Waals surface area contributed by atoms with Crippen molar-refractivity contribution in [2.24, 2.45) is 0 Å². The third-order valence-electron chi connectivity index (χ3n) is 4.34. The quantitative estimate of drug-likeness (QED) is 0.522. The lowest BCUT2D eigenvalue weighted by Crippen LogP contribution is -2.19. The molecule has 0 bridgehead atoms. The summed E-state index contributed by atoms with van der Waals surface area (Å²) in [5, 5.41) is 4.62. The molecule has 0 amide bonds. The number of rotatable bonds is 4. The van der Waals surface area contributed by atoms with Crippen LogP contribution in [0.25, 0.3) is 22.8 Å². The van der Waals surface area contributed by atoms with Crippen LogP contribution in [0.3, 0.4) is 0 Å². The van der Waals surface area contributed by atoms with Crippen LogP contribution in [0.4, 0.5) is 0 Å². The van der Waals surface area contributed by atoms with E-state index < -0.39 is 0 Å². The van der Waals surface area contributed by atoms with Gasteiger partial charge in [-0.2, -0.15) is 4.98 Å². The SMILES string of the molecule is Cc1ccccc1Cn1cc(-c2nc(-c3cccc(Cl)c3)no2)ccc1=O. The fourth-order valence-corrected chi connectivity index (χ4v) is 3.03. The monoisotopic (exact) mass is 377 g/mol.